The van der Waals surface area contributed by atoms with Crippen LogP contribution in [-0.4, -0.2) is 36.0 Å². The first kappa shape index (κ1) is 23.6. The molecule has 0 aliphatic carbocycles. The van der Waals surface area contributed by atoms with Crippen molar-refractivity contribution in [2.45, 2.75) is 59.4 Å². The number of aromatic amines is 1. The van der Waals surface area contributed by atoms with Crippen molar-refractivity contribution >= 4 is 10.2 Å². The second kappa shape index (κ2) is 9.22. The number of aromatic nitrogens is 2. The molecule has 1 saturated heterocycles. The van der Waals surface area contributed by atoms with Crippen molar-refractivity contribution in [2.24, 2.45) is 11.8 Å². The van der Waals surface area contributed by atoms with Crippen LogP contribution in [0.4, 0.5) is 4.39 Å². The lowest BCUT2D eigenvalue weighted by Crippen LogP contribution is -2.48. The zero-order chi connectivity index (χ0) is 22.9. The molecule has 3 rings (SSSR count). The van der Waals surface area contributed by atoms with Crippen LogP contribution >= 0.6 is 0 Å². The molecular weight excluding hydrogens is 423 g/mol. The highest BCUT2D eigenvalue weighted by atomic mass is 32.2. The van der Waals surface area contributed by atoms with E-state index in [-0.39, 0.29) is 11.8 Å². The summed E-state index contributed by atoms with van der Waals surface area (Å²) in [6, 6.07) is 1.98. The van der Waals surface area contributed by atoms with Crippen LogP contribution in [0.2, 0.25) is 0 Å². The number of benzene rings is 1. The van der Waals surface area contributed by atoms with Gasteiger partial charge in [-0.15, -0.1) is 5.10 Å². The molecule has 10 heteroatoms. The normalized spacial score (nSPS) is 20.2. The van der Waals surface area contributed by atoms with Crippen LogP contribution in [0.5, 0.6) is 0 Å². The second-order valence-corrected chi connectivity index (χ2v) is 10.5. The Hall–Kier alpha value is -2.04. The first-order valence-electron chi connectivity index (χ1n) is 10.6. The standard InChI is InChI=1S/C21H31FN4O4S/c1-12(2)16-7-6-10-26(11-16)31(28,29)25-19(20-23-24-21(27)30-20)15(5)18-14(4)13(3)8-9-17(18)22/h8-9,12,15-16,19,25H,6-7,10-11H2,1-5H3,(H,24,27)/t15?,16?,19-/m0/s1. The molecule has 1 aromatic carbocycles. The minimum atomic E-state index is -3.93. The summed E-state index contributed by atoms with van der Waals surface area (Å²) in [4.78, 5) is 11.6. The molecule has 2 aromatic rings. The molecule has 1 aliphatic heterocycles. The van der Waals surface area contributed by atoms with Crippen LogP contribution in [0, 0.1) is 31.5 Å². The van der Waals surface area contributed by atoms with Gasteiger partial charge in [0.25, 0.3) is 10.2 Å². The molecular formula is C21H31FN4O4S. The van der Waals surface area contributed by atoms with Crippen molar-refractivity contribution in [1.82, 2.24) is 19.2 Å². The number of nitrogens with one attached hydrogen (secondary N) is 2. The van der Waals surface area contributed by atoms with Crippen LogP contribution < -0.4 is 10.5 Å². The molecule has 0 amide bonds. The maximum atomic E-state index is 14.8. The summed E-state index contributed by atoms with van der Waals surface area (Å²) in [5.41, 5.74) is 1.95. The van der Waals surface area contributed by atoms with E-state index < -0.39 is 33.7 Å². The summed E-state index contributed by atoms with van der Waals surface area (Å²) in [6.45, 7) is 10.3. The third-order valence-electron chi connectivity index (χ3n) is 6.39. The van der Waals surface area contributed by atoms with Gasteiger partial charge in [-0.3, -0.25) is 0 Å². The second-order valence-electron chi connectivity index (χ2n) is 8.75. The van der Waals surface area contributed by atoms with Gasteiger partial charge in [0.15, 0.2) is 0 Å². The van der Waals surface area contributed by atoms with E-state index in [9.17, 15) is 17.6 Å². The largest absolute Gasteiger partial charge is 0.434 e. The molecule has 2 unspecified atom stereocenters. The van der Waals surface area contributed by atoms with Crippen LogP contribution in [0.25, 0.3) is 0 Å². The lowest BCUT2D eigenvalue weighted by Gasteiger charge is -2.35. The number of nitrogens with zero attached hydrogens (tertiary/aromatic N) is 2. The first-order chi connectivity index (χ1) is 14.5. The maximum absolute atomic E-state index is 14.8. The van der Waals surface area contributed by atoms with E-state index in [0.29, 0.717) is 30.1 Å². The fraction of sp³-hybridized carbons (Fsp3) is 0.619. The van der Waals surface area contributed by atoms with Crippen molar-refractivity contribution in [3.8, 4) is 0 Å². The predicted molar refractivity (Wildman–Crippen MR) is 115 cm³/mol. The zero-order valence-corrected chi connectivity index (χ0v) is 19.4. The Morgan fingerprint density at radius 1 is 1.29 bits per heavy atom. The van der Waals surface area contributed by atoms with Gasteiger partial charge >= 0.3 is 5.76 Å². The van der Waals surface area contributed by atoms with Crippen molar-refractivity contribution < 1.29 is 17.2 Å². The number of H-pyrrole nitrogens is 1. The fourth-order valence-corrected chi connectivity index (χ4v) is 5.77. The molecule has 8 nitrogen and oxygen atoms in total. The highest BCUT2D eigenvalue weighted by Gasteiger charge is 2.37. The summed E-state index contributed by atoms with van der Waals surface area (Å²) in [6.07, 6.45) is 1.75. The third kappa shape index (κ3) is 5.07. The molecule has 2 N–H and O–H groups in total. The quantitative estimate of drug-likeness (QED) is 0.668. The Balaban J connectivity index is 1.97. The van der Waals surface area contributed by atoms with Gasteiger partial charge in [-0.1, -0.05) is 26.8 Å². The molecule has 0 radical (unpaired) electrons. The number of aryl methyl sites for hydroxylation is 1. The van der Waals surface area contributed by atoms with Gasteiger partial charge in [-0.2, -0.15) is 17.4 Å². The molecule has 172 valence electrons. The van der Waals surface area contributed by atoms with Crippen LogP contribution in [0.3, 0.4) is 0 Å². The molecule has 31 heavy (non-hydrogen) atoms. The SMILES string of the molecule is Cc1ccc(F)c(C(C)[C@H](NS(=O)(=O)N2CCCC(C(C)C)C2)c2n[nH]c(=O)o2)c1C. The summed E-state index contributed by atoms with van der Waals surface area (Å²) >= 11 is 0. The zero-order valence-electron chi connectivity index (χ0n) is 18.6. The number of rotatable bonds is 7. The smallest absolute Gasteiger partial charge is 0.391 e. The minimum absolute atomic E-state index is 0.126. The van der Waals surface area contributed by atoms with Crippen molar-refractivity contribution in [3.05, 3.63) is 51.1 Å². The van der Waals surface area contributed by atoms with Crippen molar-refractivity contribution in [1.29, 1.82) is 0 Å². The monoisotopic (exact) mass is 454 g/mol. The number of hydrogen-bond donors (Lipinski definition) is 2. The summed E-state index contributed by atoms with van der Waals surface area (Å²) in [5.74, 6) is -1.42. The van der Waals surface area contributed by atoms with E-state index in [2.05, 4.69) is 28.8 Å². The van der Waals surface area contributed by atoms with Crippen LogP contribution in [0.1, 0.15) is 68.2 Å². The molecule has 2 heterocycles. The number of halogens is 1. The van der Waals surface area contributed by atoms with Gasteiger partial charge in [0.2, 0.25) is 5.89 Å². The highest BCUT2D eigenvalue weighted by molar-refractivity contribution is 7.87. The van der Waals surface area contributed by atoms with Gasteiger partial charge in [-0.05, 0) is 61.3 Å². The van der Waals surface area contributed by atoms with Gasteiger partial charge in [0.05, 0.1) is 0 Å². The molecule has 3 atom stereocenters. The van der Waals surface area contributed by atoms with Crippen molar-refractivity contribution in [2.75, 3.05) is 13.1 Å². The summed E-state index contributed by atoms with van der Waals surface area (Å²) < 4.78 is 50.5. The van der Waals surface area contributed by atoms with E-state index in [1.807, 2.05) is 6.92 Å². The number of piperidine rings is 1. The van der Waals surface area contributed by atoms with E-state index in [4.69, 9.17) is 4.42 Å². The third-order valence-corrected chi connectivity index (χ3v) is 7.95. The Labute approximate surface area is 182 Å². The highest BCUT2D eigenvalue weighted by Crippen LogP contribution is 2.35. The van der Waals surface area contributed by atoms with E-state index in [0.717, 1.165) is 18.4 Å². The van der Waals surface area contributed by atoms with E-state index >= 15 is 0 Å². The summed E-state index contributed by atoms with van der Waals surface area (Å²) in [5, 5.41) is 6.01. The first-order valence-corrected chi connectivity index (χ1v) is 12.0. The Morgan fingerprint density at radius 3 is 2.61 bits per heavy atom. The number of hydrogen-bond acceptors (Lipinski definition) is 5. The van der Waals surface area contributed by atoms with Gasteiger partial charge in [0.1, 0.15) is 11.9 Å². The average Bonchev–Trinajstić information content (AvgIpc) is 3.15. The molecule has 0 bridgehead atoms. The topological polar surface area (TPSA) is 108 Å². The minimum Gasteiger partial charge on any atom is -0.391 e. The lowest BCUT2D eigenvalue weighted by atomic mass is 9.88. The average molecular weight is 455 g/mol. The Bertz CT molecular complexity index is 1080. The molecule has 1 aliphatic rings. The fourth-order valence-electron chi connectivity index (χ4n) is 4.24. The lowest BCUT2D eigenvalue weighted by molar-refractivity contribution is 0.215. The van der Waals surface area contributed by atoms with E-state index in [1.165, 1.54) is 10.4 Å². The molecule has 0 spiro atoms. The molecule has 1 fully saturated rings. The molecule has 1 aromatic heterocycles. The van der Waals surface area contributed by atoms with Gasteiger partial charge < -0.3 is 4.42 Å². The maximum Gasteiger partial charge on any atom is 0.434 e. The summed E-state index contributed by atoms with van der Waals surface area (Å²) in [7, 11) is -3.93. The Kier molecular flexibility index (Phi) is 7.02. The van der Waals surface area contributed by atoms with Crippen LogP contribution in [0.15, 0.2) is 21.3 Å². The molecule has 0 saturated carbocycles. The van der Waals surface area contributed by atoms with Crippen LogP contribution in [-0.2, 0) is 10.2 Å². The van der Waals surface area contributed by atoms with Gasteiger partial charge in [0, 0.05) is 19.0 Å². The van der Waals surface area contributed by atoms with Gasteiger partial charge in [-0.25, -0.2) is 14.3 Å². The van der Waals surface area contributed by atoms with E-state index in [1.54, 1.807) is 19.9 Å². The Morgan fingerprint density at radius 2 is 2.00 bits per heavy atom. The van der Waals surface area contributed by atoms with Crippen molar-refractivity contribution in [3.63, 3.8) is 0 Å². The predicted octanol–water partition coefficient (Wildman–Crippen LogP) is 3.17.